The number of ether oxygens (including phenoxy) is 1. The highest BCUT2D eigenvalue weighted by Gasteiger charge is 2.35. The maximum Gasteiger partial charge on any atom is 0.419 e. The molecule has 0 aliphatic heterocycles. The Hall–Kier alpha value is -2.25. The van der Waals surface area contributed by atoms with Crippen LogP contribution in [0, 0.1) is 5.41 Å². The molecular formula is C10H9F3N2O3. The van der Waals surface area contributed by atoms with Gasteiger partial charge in [0.2, 0.25) is 0 Å². The van der Waals surface area contributed by atoms with Crippen molar-refractivity contribution in [2.75, 3.05) is 0 Å². The molecule has 1 amide bonds. The Morgan fingerprint density at radius 1 is 1.50 bits per heavy atom. The van der Waals surface area contributed by atoms with E-state index in [4.69, 9.17) is 5.41 Å². The zero-order valence-electron chi connectivity index (χ0n) is 8.91. The normalized spacial score (nSPS) is 11.1. The van der Waals surface area contributed by atoms with Crippen molar-refractivity contribution in [1.82, 2.24) is 0 Å². The molecule has 0 unspecified atom stereocenters. The summed E-state index contributed by atoms with van der Waals surface area (Å²) in [6, 6.07) is 1.73. The Kier molecular flexibility index (Phi) is 3.79. The fourth-order valence-corrected chi connectivity index (χ4v) is 1.28. The molecule has 0 aliphatic carbocycles. The number of hydrogen-bond donors (Lipinski definition) is 3. The van der Waals surface area contributed by atoms with Gasteiger partial charge in [-0.25, -0.2) is 4.79 Å². The molecule has 1 aromatic rings. The van der Waals surface area contributed by atoms with E-state index in [1.165, 1.54) is 0 Å². The van der Waals surface area contributed by atoms with E-state index in [0.717, 1.165) is 6.07 Å². The number of primary amides is 1. The van der Waals surface area contributed by atoms with Crippen LogP contribution in [0.15, 0.2) is 12.1 Å². The fourth-order valence-electron chi connectivity index (χ4n) is 1.28. The van der Waals surface area contributed by atoms with E-state index in [1.807, 2.05) is 0 Å². The van der Waals surface area contributed by atoms with E-state index < -0.39 is 30.2 Å². The Morgan fingerprint density at radius 3 is 2.56 bits per heavy atom. The molecule has 1 aromatic carbocycles. The van der Waals surface area contributed by atoms with Crippen molar-refractivity contribution in [2.45, 2.75) is 12.8 Å². The summed E-state index contributed by atoms with van der Waals surface area (Å²) in [6.07, 6.45) is -5.34. The first-order valence-corrected chi connectivity index (χ1v) is 4.61. The second kappa shape index (κ2) is 4.94. The summed E-state index contributed by atoms with van der Waals surface area (Å²) in [5.41, 5.74) is 3.03. The first kappa shape index (κ1) is 13.8. The van der Waals surface area contributed by atoms with Gasteiger partial charge in [-0.3, -0.25) is 0 Å². The predicted molar refractivity (Wildman–Crippen MR) is 55.4 cm³/mol. The highest BCUT2D eigenvalue weighted by Crippen LogP contribution is 2.38. The number of aromatic hydroxyl groups is 1. The fraction of sp³-hybridized carbons (Fsp3) is 0.200. The van der Waals surface area contributed by atoms with E-state index in [2.05, 4.69) is 10.5 Å². The number of amides is 1. The molecule has 0 radical (unpaired) electrons. The highest BCUT2D eigenvalue weighted by atomic mass is 19.4. The number of carbonyl (C=O) groups is 1. The molecule has 0 atom stereocenters. The van der Waals surface area contributed by atoms with Crippen molar-refractivity contribution < 1.29 is 27.8 Å². The number of phenolic OH excluding ortho intramolecular Hbond substituents is 1. The molecule has 0 bridgehead atoms. The monoisotopic (exact) mass is 262 g/mol. The number of hydrogen-bond acceptors (Lipinski definition) is 4. The molecule has 0 spiro atoms. The van der Waals surface area contributed by atoms with Crippen LogP contribution in [0.25, 0.3) is 0 Å². The zero-order valence-corrected chi connectivity index (χ0v) is 8.91. The largest absolute Gasteiger partial charge is 0.507 e. The van der Waals surface area contributed by atoms with Gasteiger partial charge in [0.1, 0.15) is 12.4 Å². The third-order valence-corrected chi connectivity index (χ3v) is 2.04. The van der Waals surface area contributed by atoms with Crippen LogP contribution in [0.5, 0.6) is 5.75 Å². The highest BCUT2D eigenvalue weighted by molar-refractivity contribution is 5.82. The third-order valence-electron chi connectivity index (χ3n) is 2.04. The Balaban J connectivity index is 3.22. The average Bonchev–Trinajstić information content (AvgIpc) is 2.25. The van der Waals surface area contributed by atoms with E-state index in [0.29, 0.717) is 12.3 Å². The van der Waals surface area contributed by atoms with Crippen LogP contribution < -0.4 is 5.73 Å². The second-order valence-electron chi connectivity index (χ2n) is 3.33. The predicted octanol–water partition coefficient (Wildman–Crippen LogP) is 2.00. The van der Waals surface area contributed by atoms with Gasteiger partial charge >= 0.3 is 12.3 Å². The molecule has 0 saturated carbocycles. The minimum Gasteiger partial charge on any atom is -0.507 e. The topological polar surface area (TPSA) is 96.4 Å². The molecule has 18 heavy (non-hydrogen) atoms. The first-order valence-electron chi connectivity index (χ1n) is 4.61. The molecule has 0 aromatic heterocycles. The van der Waals surface area contributed by atoms with Gasteiger partial charge in [0.15, 0.2) is 0 Å². The Morgan fingerprint density at radius 2 is 2.11 bits per heavy atom. The molecule has 0 saturated heterocycles. The summed E-state index contributed by atoms with van der Waals surface area (Å²) in [5, 5.41) is 16.2. The molecular weight excluding hydrogens is 253 g/mol. The van der Waals surface area contributed by atoms with Crippen molar-refractivity contribution in [3.63, 3.8) is 0 Å². The van der Waals surface area contributed by atoms with E-state index in [9.17, 15) is 23.1 Å². The quantitative estimate of drug-likeness (QED) is 0.727. The number of nitrogens with two attached hydrogens (primary N) is 1. The molecule has 5 nitrogen and oxygen atoms in total. The smallest absolute Gasteiger partial charge is 0.419 e. The van der Waals surface area contributed by atoms with Gasteiger partial charge in [0, 0.05) is 11.8 Å². The van der Waals surface area contributed by atoms with Crippen LogP contribution in [0.1, 0.15) is 16.7 Å². The number of alkyl halides is 3. The van der Waals surface area contributed by atoms with E-state index in [-0.39, 0.29) is 11.1 Å². The van der Waals surface area contributed by atoms with Gasteiger partial charge in [-0.2, -0.15) is 13.2 Å². The summed E-state index contributed by atoms with van der Waals surface area (Å²) in [5.74, 6) is -1.04. The van der Waals surface area contributed by atoms with Gasteiger partial charge in [-0.15, -0.1) is 0 Å². The van der Waals surface area contributed by atoms with Crippen LogP contribution in [-0.4, -0.2) is 17.4 Å². The summed E-state index contributed by atoms with van der Waals surface area (Å²) in [7, 11) is 0. The van der Waals surface area contributed by atoms with Crippen molar-refractivity contribution in [2.24, 2.45) is 5.73 Å². The lowest BCUT2D eigenvalue weighted by molar-refractivity contribution is -0.138. The third kappa shape index (κ3) is 3.12. The zero-order chi connectivity index (χ0) is 13.9. The van der Waals surface area contributed by atoms with E-state index >= 15 is 0 Å². The number of benzene rings is 1. The second-order valence-corrected chi connectivity index (χ2v) is 3.33. The molecule has 0 fully saturated rings. The number of rotatable bonds is 3. The SMILES string of the molecule is N=Cc1cc(COC(N)=O)cc(C(F)(F)F)c1O. The summed E-state index contributed by atoms with van der Waals surface area (Å²) in [6.45, 7) is -0.473. The molecule has 0 aliphatic rings. The van der Waals surface area contributed by atoms with Crippen molar-refractivity contribution in [1.29, 1.82) is 5.41 Å². The van der Waals surface area contributed by atoms with Gasteiger partial charge < -0.3 is 21.0 Å². The molecule has 98 valence electrons. The number of carbonyl (C=O) groups excluding carboxylic acids is 1. The maximum absolute atomic E-state index is 12.6. The number of nitrogens with one attached hydrogen (secondary N) is 1. The van der Waals surface area contributed by atoms with Crippen LogP contribution >= 0.6 is 0 Å². The lowest BCUT2D eigenvalue weighted by atomic mass is 10.0. The number of halogens is 3. The van der Waals surface area contributed by atoms with Crippen LogP contribution in [0.4, 0.5) is 18.0 Å². The first-order chi connectivity index (χ1) is 8.25. The summed E-state index contributed by atoms with van der Waals surface area (Å²) >= 11 is 0. The molecule has 4 N–H and O–H groups in total. The average molecular weight is 262 g/mol. The molecule has 1 rings (SSSR count). The standard InChI is InChI=1S/C10H9F3N2O3/c11-10(12,13)7-2-5(4-18-9(15)17)1-6(3-14)8(7)16/h1-3,14,16H,4H2,(H2,15,17). The Bertz CT molecular complexity index is 486. The lowest BCUT2D eigenvalue weighted by Crippen LogP contribution is -2.13. The van der Waals surface area contributed by atoms with Crippen molar-refractivity contribution >= 4 is 12.3 Å². The van der Waals surface area contributed by atoms with Gasteiger partial charge in [-0.05, 0) is 17.7 Å². The van der Waals surface area contributed by atoms with Crippen molar-refractivity contribution in [3.05, 3.63) is 28.8 Å². The lowest BCUT2D eigenvalue weighted by Gasteiger charge is -2.13. The summed E-state index contributed by atoms with van der Waals surface area (Å²) < 4.78 is 42.1. The van der Waals surface area contributed by atoms with Crippen molar-refractivity contribution in [3.8, 4) is 5.75 Å². The van der Waals surface area contributed by atoms with Gasteiger partial charge in [-0.1, -0.05) is 0 Å². The molecule has 8 heteroatoms. The van der Waals surface area contributed by atoms with Crippen LogP contribution in [0.3, 0.4) is 0 Å². The van der Waals surface area contributed by atoms with E-state index in [1.54, 1.807) is 0 Å². The molecule has 0 heterocycles. The van der Waals surface area contributed by atoms with Crippen LogP contribution in [0.2, 0.25) is 0 Å². The number of phenols is 1. The van der Waals surface area contributed by atoms with Gasteiger partial charge in [0.25, 0.3) is 0 Å². The maximum atomic E-state index is 12.6. The van der Waals surface area contributed by atoms with Crippen LogP contribution in [-0.2, 0) is 17.5 Å². The summed E-state index contributed by atoms with van der Waals surface area (Å²) in [4.78, 5) is 10.4. The minimum atomic E-state index is -4.77. The Labute approximate surface area is 99.5 Å². The van der Waals surface area contributed by atoms with Gasteiger partial charge in [0.05, 0.1) is 5.56 Å². The minimum absolute atomic E-state index is 0.0302.